The smallest absolute Gasteiger partial charge is 0.303 e. The van der Waals surface area contributed by atoms with E-state index in [-0.39, 0.29) is 0 Å². The molecule has 1 aromatic rings. The maximum Gasteiger partial charge on any atom is 0.303 e. The van der Waals surface area contributed by atoms with Gasteiger partial charge in [-0.1, -0.05) is 70.6 Å². The third-order valence-electron chi connectivity index (χ3n) is 5.21. The van der Waals surface area contributed by atoms with Crippen molar-refractivity contribution >= 4 is 5.97 Å². The van der Waals surface area contributed by atoms with Gasteiger partial charge in [-0.25, -0.2) is 9.55 Å². The van der Waals surface area contributed by atoms with Crippen molar-refractivity contribution in [3.63, 3.8) is 0 Å². The first-order chi connectivity index (χ1) is 12.1. The topological polar surface area (TPSA) is 57.0 Å². The Kier molecular flexibility index (Phi) is 12.1. The largest absolute Gasteiger partial charge is 0.481 e. The lowest BCUT2D eigenvalue weighted by atomic mass is 10.0. The number of nitrogens with zero attached hydrogens (tertiary/aromatic N) is 1. The van der Waals surface area contributed by atoms with Gasteiger partial charge in [0, 0.05) is 19.8 Å². The molecule has 0 spiro atoms. The maximum absolute atomic E-state index is 10.4. The number of nitrogens with one attached hydrogen (secondary N) is 1. The summed E-state index contributed by atoms with van der Waals surface area (Å²) in [5, 5.41) is 8.57. The number of hydrogen-bond acceptors (Lipinski definition) is 1. The van der Waals surface area contributed by atoms with Crippen LogP contribution in [0, 0.1) is 6.92 Å². The van der Waals surface area contributed by atoms with Crippen LogP contribution in [0.5, 0.6) is 0 Å². The molecule has 1 heterocycles. The fourth-order valence-electron chi connectivity index (χ4n) is 3.36. The maximum atomic E-state index is 10.4. The Hall–Kier alpha value is -1.32. The summed E-state index contributed by atoms with van der Waals surface area (Å²) in [6.07, 6.45) is 20.3. The van der Waals surface area contributed by atoms with Gasteiger partial charge in [0.1, 0.15) is 11.9 Å². The number of H-pyrrole nitrogens is 1. The number of carboxylic acids is 1. The minimum absolute atomic E-state index is 0.337. The lowest BCUT2D eigenvalue weighted by Gasteiger charge is -2.03. The highest BCUT2D eigenvalue weighted by atomic mass is 16.4. The number of hydrogen-bond donors (Lipinski definition) is 2. The summed E-state index contributed by atoms with van der Waals surface area (Å²) < 4.78 is 2.26. The normalized spacial score (nSPS) is 11.1. The first-order valence-corrected chi connectivity index (χ1v) is 10.4. The molecule has 0 aliphatic rings. The first kappa shape index (κ1) is 21.7. The lowest BCUT2D eigenvalue weighted by Crippen LogP contribution is -2.33. The van der Waals surface area contributed by atoms with Gasteiger partial charge >= 0.3 is 5.97 Å². The Labute approximate surface area is 154 Å². The summed E-state index contributed by atoms with van der Waals surface area (Å²) in [7, 11) is 2.14. The zero-order valence-electron chi connectivity index (χ0n) is 16.5. The van der Waals surface area contributed by atoms with Crippen LogP contribution in [0.4, 0.5) is 0 Å². The summed E-state index contributed by atoms with van der Waals surface area (Å²) in [5.74, 6) is 0.573. The van der Waals surface area contributed by atoms with Crippen molar-refractivity contribution in [2.45, 2.75) is 103 Å². The molecule has 1 rings (SSSR count). The highest BCUT2D eigenvalue weighted by Crippen LogP contribution is 2.13. The van der Waals surface area contributed by atoms with Crippen molar-refractivity contribution in [1.29, 1.82) is 0 Å². The lowest BCUT2D eigenvalue weighted by molar-refractivity contribution is -0.683. The van der Waals surface area contributed by atoms with E-state index in [0.29, 0.717) is 6.42 Å². The number of aliphatic carboxylic acids is 1. The molecular weight excluding hydrogens is 312 g/mol. The quantitative estimate of drug-likeness (QED) is 0.316. The van der Waals surface area contributed by atoms with Crippen molar-refractivity contribution in [3.05, 3.63) is 17.7 Å². The Morgan fingerprint density at radius 1 is 0.880 bits per heavy atom. The molecule has 1 aromatic heterocycles. The van der Waals surface area contributed by atoms with Crippen LogP contribution in [0.25, 0.3) is 0 Å². The number of imidazole rings is 1. The summed E-state index contributed by atoms with van der Waals surface area (Å²) in [4.78, 5) is 13.7. The molecule has 25 heavy (non-hydrogen) atoms. The van der Waals surface area contributed by atoms with E-state index < -0.39 is 5.97 Å². The number of rotatable bonds is 16. The van der Waals surface area contributed by atoms with Crippen molar-refractivity contribution in [2.75, 3.05) is 0 Å². The number of aryl methyl sites for hydroxylation is 2. The molecule has 0 unspecified atom stereocenters. The van der Waals surface area contributed by atoms with Crippen LogP contribution in [-0.2, 0) is 18.3 Å². The van der Waals surface area contributed by atoms with Gasteiger partial charge in [0.25, 0.3) is 5.82 Å². The minimum atomic E-state index is -0.659. The van der Waals surface area contributed by atoms with E-state index in [1.165, 1.54) is 88.6 Å². The standard InChI is InChI=1S/C21H38N2O2/c1-19-22-18-20(23(19)2)16-14-12-10-8-6-4-3-5-7-9-11-13-15-17-21(24)25/h18H,3-17H2,1-2H3,(H,24,25)/p+1. The molecule has 4 heteroatoms. The van der Waals surface area contributed by atoms with E-state index >= 15 is 0 Å². The van der Waals surface area contributed by atoms with Gasteiger partial charge in [-0.3, -0.25) is 4.79 Å². The molecule has 0 aliphatic heterocycles. The summed E-state index contributed by atoms with van der Waals surface area (Å²) in [5.41, 5.74) is 1.42. The second-order valence-corrected chi connectivity index (χ2v) is 7.41. The molecule has 0 fully saturated rings. The zero-order chi connectivity index (χ0) is 18.3. The molecule has 4 nitrogen and oxygen atoms in total. The van der Waals surface area contributed by atoms with E-state index in [1.807, 2.05) is 0 Å². The molecule has 144 valence electrons. The molecule has 0 saturated heterocycles. The van der Waals surface area contributed by atoms with Crippen molar-refractivity contribution in [3.8, 4) is 0 Å². The molecule has 0 saturated carbocycles. The molecule has 0 bridgehead atoms. The van der Waals surface area contributed by atoms with E-state index in [1.54, 1.807) is 0 Å². The zero-order valence-corrected chi connectivity index (χ0v) is 16.5. The number of unbranched alkanes of at least 4 members (excludes halogenated alkanes) is 12. The third-order valence-corrected chi connectivity index (χ3v) is 5.21. The van der Waals surface area contributed by atoms with E-state index in [0.717, 1.165) is 12.8 Å². The number of aromatic nitrogens is 2. The van der Waals surface area contributed by atoms with Crippen molar-refractivity contribution in [2.24, 2.45) is 7.05 Å². The van der Waals surface area contributed by atoms with Crippen molar-refractivity contribution in [1.82, 2.24) is 4.98 Å². The van der Waals surface area contributed by atoms with E-state index in [2.05, 4.69) is 29.7 Å². The predicted molar refractivity (Wildman–Crippen MR) is 103 cm³/mol. The van der Waals surface area contributed by atoms with Crippen LogP contribution in [0.2, 0.25) is 0 Å². The van der Waals surface area contributed by atoms with Crippen LogP contribution in [0.15, 0.2) is 6.20 Å². The highest BCUT2D eigenvalue weighted by molar-refractivity contribution is 5.66. The van der Waals surface area contributed by atoms with Gasteiger partial charge < -0.3 is 5.11 Å². The molecule has 0 aromatic carbocycles. The van der Waals surface area contributed by atoms with Gasteiger partial charge in [-0.2, -0.15) is 0 Å². The number of carboxylic acid groups (broad SMARTS) is 1. The Morgan fingerprint density at radius 2 is 1.32 bits per heavy atom. The van der Waals surface area contributed by atoms with Gasteiger partial charge in [0.15, 0.2) is 0 Å². The van der Waals surface area contributed by atoms with Gasteiger partial charge in [-0.05, 0) is 12.8 Å². The second-order valence-electron chi connectivity index (χ2n) is 7.41. The third kappa shape index (κ3) is 11.0. The predicted octanol–water partition coefficient (Wildman–Crippen LogP) is 5.24. The van der Waals surface area contributed by atoms with Gasteiger partial charge in [-0.15, -0.1) is 0 Å². The molecule has 2 N–H and O–H groups in total. The monoisotopic (exact) mass is 351 g/mol. The summed E-state index contributed by atoms with van der Waals surface area (Å²) in [6.45, 7) is 2.11. The summed E-state index contributed by atoms with van der Waals surface area (Å²) in [6, 6.07) is 0. The molecular formula is C21H39N2O2+. The fourth-order valence-corrected chi connectivity index (χ4v) is 3.36. The highest BCUT2D eigenvalue weighted by Gasteiger charge is 2.08. The Morgan fingerprint density at radius 3 is 1.72 bits per heavy atom. The minimum Gasteiger partial charge on any atom is -0.481 e. The first-order valence-electron chi connectivity index (χ1n) is 10.4. The average molecular weight is 352 g/mol. The van der Waals surface area contributed by atoms with Crippen LogP contribution in [0.1, 0.15) is 101 Å². The van der Waals surface area contributed by atoms with E-state index in [9.17, 15) is 4.79 Å². The molecule has 0 amide bonds. The Bertz CT molecular complexity index is 468. The van der Waals surface area contributed by atoms with Crippen molar-refractivity contribution < 1.29 is 14.5 Å². The Balaban J connectivity index is 1.77. The number of aromatic amines is 1. The fraction of sp³-hybridized carbons (Fsp3) is 0.810. The molecule has 0 aliphatic carbocycles. The van der Waals surface area contributed by atoms with Crippen LogP contribution in [-0.4, -0.2) is 16.1 Å². The van der Waals surface area contributed by atoms with Gasteiger partial charge in [0.2, 0.25) is 0 Å². The van der Waals surface area contributed by atoms with Crippen LogP contribution < -0.4 is 4.57 Å². The van der Waals surface area contributed by atoms with Crippen LogP contribution in [0.3, 0.4) is 0 Å². The SMILES string of the molecule is Cc1[nH]cc(CCCCCCCCCCCCCCCC(=O)O)[n+]1C. The average Bonchev–Trinajstić information content (AvgIpc) is 2.90. The molecule has 0 atom stereocenters. The van der Waals surface area contributed by atoms with Crippen LogP contribution >= 0.6 is 0 Å². The summed E-state index contributed by atoms with van der Waals surface area (Å²) >= 11 is 0. The van der Waals surface area contributed by atoms with E-state index in [4.69, 9.17) is 5.11 Å². The second kappa shape index (κ2) is 13.9. The van der Waals surface area contributed by atoms with Gasteiger partial charge in [0.05, 0.1) is 7.05 Å². The molecule has 0 radical (unpaired) electrons. The number of carbonyl (C=O) groups is 1.